The lowest BCUT2D eigenvalue weighted by atomic mass is 9.96. The third kappa shape index (κ3) is 4.77. The number of fused-ring (bicyclic) bond motifs is 1. The summed E-state index contributed by atoms with van der Waals surface area (Å²) in [5.41, 5.74) is 2.88. The maximum absolute atomic E-state index is 13.0. The molecule has 29 heavy (non-hydrogen) atoms. The first-order valence-electron chi connectivity index (χ1n) is 10.1. The van der Waals surface area contributed by atoms with E-state index in [2.05, 4.69) is 15.2 Å². The number of carbonyl (C=O) groups excluding carboxylic acids is 1. The topological polar surface area (TPSA) is 58.1 Å². The molecule has 2 aromatic carbocycles. The molecule has 1 aliphatic heterocycles. The maximum Gasteiger partial charge on any atom is 0.223 e. The molecule has 0 spiro atoms. The SMILES string of the molecule is Cc1nc(CN2CCC(C(=O)NCc3ccc(F)cc3)CC2)nc2ccccc12. The number of likely N-dealkylation sites (tertiary alicyclic amines) is 1. The van der Waals surface area contributed by atoms with Crippen LogP contribution in [-0.4, -0.2) is 33.9 Å². The van der Waals surface area contributed by atoms with Crippen LogP contribution in [0.5, 0.6) is 0 Å². The van der Waals surface area contributed by atoms with E-state index in [1.54, 1.807) is 12.1 Å². The Balaban J connectivity index is 1.29. The van der Waals surface area contributed by atoms with Gasteiger partial charge in [-0.15, -0.1) is 0 Å². The van der Waals surface area contributed by atoms with E-state index in [-0.39, 0.29) is 17.6 Å². The summed E-state index contributed by atoms with van der Waals surface area (Å²) in [6.07, 6.45) is 1.64. The van der Waals surface area contributed by atoms with Crippen LogP contribution in [0.1, 0.15) is 29.9 Å². The molecule has 0 unspecified atom stereocenters. The molecule has 0 bridgehead atoms. The summed E-state index contributed by atoms with van der Waals surface area (Å²) in [5.74, 6) is 0.663. The first-order chi connectivity index (χ1) is 14.1. The predicted octanol–water partition coefficient (Wildman–Crippen LogP) is 3.61. The van der Waals surface area contributed by atoms with Gasteiger partial charge in [-0.25, -0.2) is 14.4 Å². The van der Waals surface area contributed by atoms with Gasteiger partial charge in [-0.1, -0.05) is 30.3 Å². The molecule has 3 aromatic rings. The van der Waals surface area contributed by atoms with Gasteiger partial charge in [-0.05, 0) is 56.6 Å². The van der Waals surface area contributed by atoms with Crippen molar-refractivity contribution >= 4 is 16.8 Å². The minimum atomic E-state index is -0.266. The predicted molar refractivity (Wildman–Crippen MR) is 111 cm³/mol. The fourth-order valence-corrected chi connectivity index (χ4v) is 3.85. The number of rotatable bonds is 5. The molecule has 1 aliphatic rings. The molecule has 0 saturated carbocycles. The van der Waals surface area contributed by atoms with Crippen molar-refractivity contribution in [3.8, 4) is 0 Å². The van der Waals surface area contributed by atoms with Crippen LogP contribution in [0.4, 0.5) is 4.39 Å². The summed E-state index contributed by atoms with van der Waals surface area (Å²) in [4.78, 5) is 24.1. The average molecular weight is 392 g/mol. The van der Waals surface area contributed by atoms with Crippen molar-refractivity contribution in [1.29, 1.82) is 0 Å². The molecule has 0 atom stereocenters. The van der Waals surface area contributed by atoms with Gasteiger partial charge in [-0.2, -0.15) is 0 Å². The van der Waals surface area contributed by atoms with Gasteiger partial charge in [0.1, 0.15) is 11.6 Å². The van der Waals surface area contributed by atoms with Crippen LogP contribution in [0.2, 0.25) is 0 Å². The van der Waals surface area contributed by atoms with Crippen LogP contribution < -0.4 is 5.32 Å². The Hall–Kier alpha value is -2.86. The minimum Gasteiger partial charge on any atom is -0.352 e. The quantitative estimate of drug-likeness (QED) is 0.721. The zero-order valence-electron chi connectivity index (χ0n) is 16.6. The van der Waals surface area contributed by atoms with Crippen molar-refractivity contribution < 1.29 is 9.18 Å². The van der Waals surface area contributed by atoms with Crippen molar-refractivity contribution in [2.75, 3.05) is 13.1 Å². The minimum absolute atomic E-state index is 0.0194. The molecule has 1 aromatic heterocycles. The molecule has 1 amide bonds. The van der Waals surface area contributed by atoms with Gasteiger partial charge in [0, 0.05) is 23.5 Å². The molecular formula is C23H25FN4O. The molecule has 2 heterocycles. The van der Waals surface area contributed by atoms with Crippen LogP contribution >= 0.6 is 0 Å². The second-order valence-electron chi connectivity index (χ2n) is 7.64. The first-order valence-corrected chi connectivity index (χ1v) is 10.1. The Morgan fingerprint density at radius 1 is 1.10 bits per heavy atom. The Morgan fingerprint density at radius 2 is 1.83 bits per heavy atom. The highest BCUT2D eigenvalue weighted by atomic mass is 19.1. The van der Waals surface area contributed by atoms with E-state index in [4.69, 9.17) is 4.98 Å². The first kappa shape index (κ1) is 19.5. The largest absolute Gasteiger partial charge is 0.352 e. The Bertz CT molecular complexity index is 997. The van der Waals surface area contributed by atoms with Crippen molar-refractivity contribution in [3.05, 3.63) is 71.4 Å². The third-order valence-corrected chi connectivity index (χ3v) is 5.54. The van der Waals surface area contributed by atoms with Gasteiger partial charge in [0.25, 0.3) is 0 Å². The molecule has 1 N–H and O–H groups in total. The molecule has 0 radical (unpaired) electrons. The van der Waals surface area contributed by atoms with E-state index in [1.807, 2.05) is 31.2 Å². The lowest BCUT2D eigenvalue weighted by molar-refractivity contribution is -0.126. The highest BCUT2D eigenvalue weighted by molar-refractivity contribution is 5.80. The van der Waals surface area contributed by atoms with Crippen molar-refractivity contribution in [3.63, 3.8) is 0 Å². The normalized spacial score (nSPS) is 15.5. The highest BCUT2D eigenvalue weighted by Gasteiger charge is 2.25. The lowest BCUT2D eigenvalue weighted by Crippen LogP contribution is -2.40. The zero-order valence-corrected chi connectivity index (χ0v) is 16.6. The van der Waals surface area contributed by atoms with Crippen LogP contribution in [-0.2, 0) is 17.9 Å². The number of piperidine rings is 1. The number of halogens is 1. The van der Waals surface area contributed by atoms with Gasteiger partial charge < -0.3 is 5.32 Å². The molecule has 0 aliphatic carbocycles. The number of carbonyl (C=O) groups is 1. The number of aryl methyl sites for hydroxylation is 1. The standard InChI is InChI=1S/C23H25FN4O/c1-16-20-4-2-3-5-21(20)27-22(26-16)15-28-12-10-18(11-13-28)23(29)25-14-17-6-8-19(24)9-7-17/h2-9,18H,10-15H2,1H3,(H,25,29). The maximum atomic E-state index is 13.0. The van der Waals surface area contributed by atoms with Crippen molar-refractivity contribution in [2.45, 2.75) is 32.9 Å². The number of amides is 1. The van der Waals surface area contributed by atoms with E-state index < -0.39 is 0 Å². The summed E-state index contributed by atoms with van der Waals surface area (Å²) in [6, 6.07) is 14.3. The number of aromatic nitrogens is 2. The van der Waals surface area contributed by atoms with Crippen LogP contribution in [0.15, 0.2) is 48.5 Å². The summed E-state index contributed by atoms with van der Waals surface area (Å²) in [7, 11) is 0. The van der Waals surface area contributed by atoms with Gasteiger partial charge >= 0.3 is 0 Å². The van der Waals surface area contributed by atoms with Crippen molar-refractivity contribution in [1.82, 2.24) is 20.2 Å². The number of nitrogens with zero attached hydrogens (tertiary/aromatic N) is 3. The Labute approximate surface area is 170 Å². The molecule has 4 rings (SSSR count). The van der Waals surface area contributed by atoms with Crippen molar-refractivity contribution in [2.24, 2.45) is 5.92 Å². The van der Waals surface area contributed by atoms with Gasteiger partial charge in [0.15, 0.2) is 0 Å². The van der Waals surface area contributed by atoms with E-state index in [9.17, 15) is 9.18 Å². The number of nitrogens with one attached hydrogen (secondary N) is 1. The Morgan fingerprint density at radius 3 is 2.59 bits per heavy atom. The number of hydrogen-bond donors (Lipinski definition) is 1. The third-order valence-electron chi connectivity index (χ3n) is 5.54. The lowest BCUT2D eigenvalue weighted by Gasteiger charge is -2.30. The fourth-order valence-electron chi connectivity index (χ4n) is 3.85. The molecule has 1 fully saturated rings. The summed E-state index contributed by atoms with van der Waals surface area (Å²) in [5, 5.41) is 4.07. The molecule has 150 valence electrons. The second kappa shape index (κ2) is 8.66. The van der Waals surface area contributed by atoms with E-state index >= 15 is 0 Å². The molecule has 6 heteroatoms. The van der Waals surface area contributed by atoms with Crippen LogP contribution in [0.25, 0.3) is 10.9 Å². The van der Waals surface area contributed by atoms with Gasteiger partial charge in [0.2, 0.25) is 5.91 Å². The summed E-state index contributed by atoms with van der Waals surface area (Å²) >= 11 is 0. The monoisotopic (exact) mass is 392 g/mol. The van der Waals surface area contributed by atoms with Gasteiger partial charge in [0.05, 0.1) is 12.1 Å². The number of para-hydroxylation sites is 1. The number of benzene rings is 2. The van der Waals surface area contributed by atoms with Crippen LogP contribution in [0.3, 0.4) is 0 Å². The average Bonchev–Trinajstić information content (AvgIpc) is 2.74. The molecule has 1 saturated heterocycles. The van der Waals surface area contributed by atoms with Crippen LogP contribution in [0, 0.1) is 18.7 Å². The molecule has 5 nitrogen and oxygen atoms in total. The number of hydrogen-bond acceptors (Lipinski definition) is 4. The van der Waals surface area contributed by atoms with Gasteiger partial charge in [-0.3, -0.25) is 9.69 Å². The zero-order chi connectivity index (χ0) is 20.2. The van der Waals surface area contributed by atoms with E-state index in [0.717, 1.165) is 53.9 Å². The van der Waals surface area contributed by atoms with E-state index in [0.29, 0.717) is 13.1 Å². The molecular weight excluding hydrogens is 367 g/mol. The summed E-state index contributed by atoms with van der Waals surface area (Å²) in [6.45, 7) is 4.86. The highest BCUT2D eigenvalue weighted by Crippen LogP contribution is 2.20. The fraction of sp³-hybridized carbons (Fsp3) is 0.348. The Kier molecular flexibility index (Phi) is 5.81. The second-order valence-corrected chi connectivity index (χ2v) is 7.64. The smallest absolute Gasteiger partial charge is 0.223 e. The van der Waals surface area contributed by atoms with E-state index in [1.165, 1.54) is 12.1 Å². The summed E-state index contributed by atoms with van der Waals surface area (Å²) < 4.78 is 13.0.